The number of carbonyl (C=O) groups is 1. The van der Waals surface area contributed by atoms with E-state index < -0.39 is 11.5 Å². The van der Waals surface area contributed by atoms with Gasteiger partial charge in [-0.05, 0) is 37.1 Å². The second-order valence-corrected chi connectivity index (χ2v) is 6.99. The molecule has 7 nitrogen and oxygen atoms in total. The first-order chi connectivity index (χ1) is 12.9. The predicted octanol–water partition coefficient (Wildman–Crippen LogP) is 1.72. The molecule has 0 radical (unpaired) electrons. The Hall–Kier alpha value is -2.74. The van der Waals surface area contributed by atoms with Crippen molar-refractivity contribution in [3.63, 3.8) is 0 Å². The molecular weight excluding hydrogens is 353 g/mol. The van der Waals surface area contributed by atoms with Gasteiger partial charge in [-0.25, -0.2) is 9.37 Å². The minimum atomic E-state index is -0.550. The molecule has 8 heteroatoms. The lowest BCUT2D eigenvalue weighted by molar-refractivity contribution is 0.0146. The van der Waals surface area contributed by atoms with Crippen LogP contribution in [0.1, 0.15) is 35.4 Å². The highest BCUT2D eigenvalue weighted by Crippen LogP contribution is 2.40. The number of hydrogen-bond acceptors (Lipinski definition) is 5. The Kier molecular flexibility index (Phi) is 5.55. The molecule has 1 aromatic heterocycles. The summed E-state index contributed by atoms with van der Waals surface area (Å²) in [6.45, 7) is 0.412. The molecular formula is C19H22FN3O4. The second kappa shape index (κ2) is 7.87. The van der Waals surface area contributed by atoms with Crippen LogP contribution < -0.4 is 10.3 Å². The van der Waals surface area contributed by atoms with Crippen molar-refractivity contribution in [1.29, 1.82) is 0 Å². The molecule has 0 saturated heterocycles. The molecule has 1 fully saturated rings. The monoisotopic (exact) mass is 375 g/mol. The zero-order valence-corrected chi connectivity index (χ0v) is 15.1. The van der Waals surface area contributed by atoms with Crippen LogP contribution in [0, 0.1) is 11.2 Å². The fourth-order valence-corrected chi connectivity index (χ4v) is 3.16. The quantitative estimate of drug-likeness (QED) is 0.768. The van der Waals surface area contributed by atoms with Crippen LogP contribution in [0.2, 0.25) is 0 Å². The summed E-state index contributed by atoms with van der Waals surface area (Å²) in [7, 11) is 1.61. The maximum atomic E-state index is 12.9. The lowest BCUT2D eigenvalue weighted by Gasteiger charge is -2.42. The van der Waals surface area contributed by atoms with Gasteiger partial charge in [-0.15, -0.1) is 0 Å². The van der Waals surface area contributed by atoms with E-state index in [0.717, 1.165) is 19.3 Å². The molecule has 1 heterocycles. The number of aromatic amines is 1. The van der Waals surface area contributed by atoms with Crippen molar-refractivity contribution in [2.75, 3.05) is 20.2 Å². The average molecular weight is 375 g/mol. The van der Waals surface area contributed by atoms with Crippen molar-refractivity contribution < 1.29 is 19.0 Å². The Balaban J connectivity index is 1.64. The van der Waals surface area contributed by atoms with Gasteiger partial charge < -0.3 is 19.7 Å². The topological polar surface area (TPSA) is 95.5 Å². The van der Waals surface area contributed by atoms with Crippen molar-refractivity contribution in [1.82, 2.24) is 14.9 Å². The molecule has 3 rings (SSSR count). The minimum Gasteiger partial charge on any atom is -0.486 e. The number of carbonyl (C=O) groups excluding carboxylic acids is 1. The lowest BCUT2D eigenvalue weighted by atomic mass is 9.69. The normalized spacial score (nSPS) is 15.1. The molecule has 0 atom stereocenters. The zero-order valence-electron chi connectivity index (χ0n) is 15.1. The number of rotatable bonds is 7. The third-order valence-corrected chi connectivity index (χ3v) is 4.94. The number of hydrogen-bond donors (Lipinski definition) is 2. The van der Waals surface area contributed by atoms with E-state index in [4.69, 9.17) is 4.74 Å². The predicted molar refractivity (Wildman–Crippen MR) is 95.9 cm³/mol. The first-order valence-electron chi connectivity index (χ1n) is 8.75. The molecule has 1 aliphatic carbocycles. The van der Waals surface area contributed by atoms with Crippen LogP contribution >= 0.6 is 0 Å². The molecule has 2 N–H and O–H groups in total. The highest BCUT2D eigenvalue weighted by Gasteiger charge is 2.38. The van der Waals surface area contributed by atoms with Crippen LogP contribution in [-0.2, 0) is 6.61 Å². The Morgan fingerprint density at radius 2 is 2.07 bits per heavy atom. The van der Waals surface area contributed by atoms with E-state index in [1.54, 1.807) is 7.05 Å². The first-order valence-corrected chi connectivity index (χ1v) is 8.75. The molecule has 0 aliphatic heterocycles. The Morgan fingerprint density at radius 1 is 1.37 bits per heavy atom. The molecule has 0 unspecified atom stereocenters. The van der Waals surface area contributed by atoms with Gasteiger partial charge in [0.25, 0.3) is 11.5 Å². The standard InChI is InChI=1S/C19H22FN3O4/c1-23(11-19(12-24)7-2-8-19)18(26)15-9-21-16(22-17(15)25)10-27-14-5-3-13(20)4-6-14/h3-6,9,24H,2,7-8,10-12H2,1H3,(H,21,22,25). The summed E-state index contributed by atoms with van der Waals surface area (Å²) < 4.78 is 18.3. The fourth-order valence-electron chi connectivity index (χ4n) is 3.16. The summed E-state index contributed by atoms with van der Waals surface area (Å²) in [4.78, 5) is 32.9. The number of ether oxygens (including phenoxy) is 1. The first kappa shape index (κ1) is 19.0. The van der Waals surface area contributed by atoms with Crippen molar-refractivity contribution in [3.8, 4) is 5.75 Å². The van der Waals surface area contributed by atoms with E-state index in [9.17, 15) is 19.1 Å². The van der Waals surface area contributed by atoms with E-state index in [2.05, 4.69) is 9.97 Å². The van der Waals surface area contributed by atoms with E-state index >= 15 is 0 Å². The van der Waals surface area contributed by atoms with Crippen LogP contribution in [0.25, 0.3) is 0 Å². The molecule has 0 bridgehead atoms. The largest absolute Gasteiger partial charge is 0.486 e. The van der Waals surface area contributed by atoms with Crippen molar-refractivity contribution in [3.05, 3.63) is 58.0 Å². The number of nitrogens with one attached hydrogen (secondary N) is 1. The van der Waals surface area contributed by atoms with E-state index in [1.807, 2.05) is 0 Å². The number of amides is 1. The second-order valence-electron chi connectivity index (χ2n) is 6.99. The Labute approximate surface area is 155 Å². The smallest absolute Gasteiger partial charge is 0.263 e. The van der Waals surface area contributed by atoms with Crippen molar-refractivity contribution >= 4 is 5.91 Å². The summed E-state index contributed by atoms with van der Waals surface area (Å²) in [5.74, 6) is -0.108. The summed E-state index contributed by atoms with van der Waals surface area (Å²) in [6, 6.07) is 5.48. The van der Waals surface area contributed by atoms with E-state index in [1.165, 1.54) is 35.4 Å². The van der Waals surface area contributed by atoms with Gasteiger partial charge in [0.05, 0.1) is 6.61 Å². The highest BCUT2D eigenvalue weighted by atomic mass is 19.1. The fraction of sp³-hybridized carbons (Fsp3) is 0.421. The number of halogens is 1. The highest BCUT2D eigenvalue weighted by molar-refractivity contribution is 5.93. The zero-order chi connectivity index (χ0) is 19.4. The van der Waals surface area contributed by atoms with Gasteiger partial charge in [0.1, 0.15) is 29.6 Å². The number of aliphatic hydroxyl groups excluding tert-OH is 1. The molecule has 1 saturated carbocycles. The van der Waals surface area contributed by atoms with Gasteiger partial charge in [0.15, 0.2) is 0 Å². The van der Waals surface area contributed by atoms with Gasteiger partial charge in [-0.2, -0.15) is 0 Å². The van der Waals surface area contributed by atoms with Crippen molar-refractivity contribution in [2.24, 2.45) is 5.41 Å². The summed E-state index contributed by atoms with van der Waals surface area (Å²) in [5, 5.41) is 9.54. The van der Waals surface area contributed by atoms with E-state index in [-0.39, 0.29) is 35.8 Å². The molecule has 144 valence electrons. The van der Waals surface area contributed by atoms with Crippen LogP contribution in [0.15, 0.2) is 35.3 Å². The number of aromatic nitrogens is 2. The number of H-pyrrole nitrogens is 1. The van der Waals surface area contributed by atoms with Crippen LogP contribution in [-0.4, -0.2) is 46.1 Å². The van der Waals surface area contributed by atoms with E-state index in [0.29, 0.717) is 12.3 Å². The SMILES string of the molecule is CN(CC1(CO)CCC1)C(=O)c1cnc(COc2ccc(F)cc2)[nH]c1=O. The van der Waals surface area contributed by atoms with Gasteiger partial charge in [-0.1, -0.05) is 6.42 Å². The van der Waals surface area contributed by atoms with Gasteiger partial charge in [-0.3, -0.25) is 9.59 Å². The number of nitrogens with zero attached hydrogens (tertiary/aromatic N) is 2. The summed E-state index contributed by atoms with van der Waals surface area (Å²) in [5.41, 5.74) is -0.866. The third kappa shape index (κ3) is 4.33. The van der Waals surface area contributed by atoms with Crippen molar-refractivity contribution in [2.45, 2.75) is 25.9 Å². The molecule has 1 aromatic carbocycles. The van der Waals surface area contributed by atoms with Crippen LogP contribution in [0.5, 0.6) is 5.75 Å². The average Bonchev–Trinajstić information content (AvgIpc) is 2.63. The molecule has 2 aromatic rings. The van der Waals surface area contributed by atoms with Crippen LogP contribution in [0.3, 0.4) is 0 Å². The Morgan fingerprint density at radius 3 is 2.63 bits per heavy atom. The summed E-state index contributed by atoms with van der Waals surface area (Å²) >= 11 is 0. The summed E-state index contributed by atoms with van der Waals surface area (Å²) in [6.07, 6.45) is 4.01. The molecule has 1 amide bonds. The van der Waals surface area contributed by atoms with Gasteiger partial charge in [0, 0.05) is 25.2 Å². The maximum Gasteiger partial charge on any atom is 0.263 e. The number of benzene rings is 1. The van der Waals surface area contributed by atoms with Crippen LogP contribution in [0.4, 0.5) is 4.39 Å². The molecule has 0 spiro atoms. The molecule has 27 heavy (non-hydrogen) atoms. The molecule has 1 aliphatic rings. The number of aliphatic hydroxyl groups is 1. The van der Waals surface area contributed by atoms with Gasteiger partial charge in [0.2, 0.25) is 0 Å². The third-order valence-electron chi connectivity index (χ3n) is 4.94. The Bertz CT molecular complexity index is 856. The maximum absolute atomic E-state index is 12.9. The lowest BCUT2D eigenvalue weighted by Crippen LogP contribution is -2.46. The minimum absolute atomic E-state index is 0.0151. The van der Waals surface area contributed by atoms with Gasteiger partial charge >= 0.3 is 0 Å².